The van der Waals surface area contributed by atoms with Crippen LogP contribution in [0.1, 0.15) is 18.1 Å². The summed E-state index contributed by atoms with van der Waals surface area (Å²) < 4.78 is 7.07. The standard InChI is InChI=1S/C19H21N5O3/c1-5-22(15-11-8-9-13(2)14(15)3)18(25)24-19(26)23(20-21-24)16-10-6-7-12-17(16)27-4/h6-12H,5H2,1-4H3. The third-order valence-electron chi connectivity index (χ3n) is 4.49. The van der Waals surface area contributed by atoms with E-state index in [1.165, 1.54) is 12.0 Å². The van der Waals surface area contributed by atoms with Gasteiger partial charge in [-0.05, 0) is 60.5 Å². The van der Waals surface area contributed by atoms with E-state index in [9.17, 15) is 9.59 Å². The van der Waals surface area contributed by atoms with Gasteiger partial charge in [-0.25, -0.2) is 9.59 Å². The van der Waals surface area contributed by atoms with Crippen LogP contribution in [-0.2, 0) is 0 Å². The van der Waals surface area contributed by atoms with E-state index in [1.807, 2.05) is 39.0 Å². The van der Waals surface area contributed by atoms with Crippen molar-refractivity contribution in [3.63, 3.8) is 0 Å². The molecule has 3 rings (SSSR count). The first-order valence-electron chi connectivity index (χ1n) is 8.56. The minimum absolute atomic E-state index is 0.386. The molecule has 0 saturated heterocycles. The highest BCUT2D eigenvalue weighted by Gasteiger charge is 2.24. The van der Waals surface area contributed by atoms with E-state index in [1.54, 1.807) is 24.3 Å². The van der Waals surface area contributed by atoms with Gasteiger partial charge in [-0.15, -0.1) is 4.68 Å². The molecule has 0 bridgehead atoms. The van der Waals surface area contributed by atoms with E-state index >= 15 is 0 Å². The Hall–Kier alpha value is -3.42. The molecular formula is C19H21N5O3. The summed E-state index contributed by atoms with van der Waals surface area (Å²) in [6.45, 7) is 6.14. The molecule has 0 N–H and O–H groups in total. The maximum absolute atomic E-state index is 13.0. The van der Waals surface area contributed by atoms with Crippen molar-refractivity contribution in [2.75, 3.05) is 18.6 Å². The molecule has 1 aromatic heterocycles. The number of ether oxygens (including phenoxy) is 1. The molecule has 140 valence electrons. The molecule has 0 spiro atoms. The number of anilines is 1. The van der Waals surface area contributed by atoms with Crippen molar-refractivity contribution in [3.8, 4) is 11.4 Å². The second-order valence-corrected chi connectivity index (χ2v) is 6.00. The number of rotatable bonds is 4. The topological polar surface area (TPSA) is 82.2 Å². The molecule has 1 amide bonds. The average molecular weight is 367 g/mol. The van der Waals surface area contributed by atoms with Crippen LogP contribution in [0.5, 0.6) is 5.75 Å². The van der Waals surface area contributed by atoms with Gasteiger partial charge in [0.2, 0.25) is 0 Å². The molecule has 0 fully saturated rings. The second kappa shape index (κ2) is 7.45. The van der Waals surface area contributed by atoms with Crippen molar-refractivity contribution in [1.82, 2.24) is 19.8 Å². The number of hydrogen-bond acceptors (Lipinski definition) is 5. The summed E-state index contributed by atoms with van der Waals surface area (Å²) in [4.78, 5) is 27.3. The molecule has 3 aromatic rings. The zero-order valence-corrected chi connectivity index (χ0v) is 15.7. The van der Waals surface area contributed by atoms with Crippen LogP contribution in [-0.4, -0.2) is 39.5 Å². The fourth-order valence-corrected chi connectivity index (χ4v) is 2.87. The molecule has 0 aliphatic carbocycles. The van der Waals surface area contributed by atoms with E-state index in [-0.39, 0.29) is 0 Å². The number of benzene rings is 2. The molecule has 1 heterocycles. The molecule has 0 unspecified atom stereocenters. The smallest absolute Gasteiger partial charge is 0.377 e. The molecule has 2 aromatic carbocycles. The van der Waals surface area contributed by atoms with Gasteiger partial charge in [-0.2, -0.15) is 4.68 Å². The summed E-state index contributed by atoms with van der Waals surface area (Å²) in [6.07, 6.45) is 0. The molecule has 0 radical (unpaired) electrons. The zero-order valence-electron chi connectivity index (χ0n) is 15.7. The minimum Gasteiger partial charge on any atom is -0.494 e. The van der Waals surface area contributed by atoms with Gasteiger partial charge < -0.3 is 4.74 Å². The van der Waals surface area contributed by atoms with Gasteiger partial charge in [0.05, 0.1) is 7.11 Å². The molecule has 8 nitrogen and oxygen atoms in total. The average Bonchev–Trinajstić information content (AvgIpc) is 3.06. The highest BCUT2D eigenvalue weighted by Crippen LogP contribution is 2.23. The Morgan fingerprint density at radius 2 is 1.85 bits per heavy atom. The van der Waals surface area contributed by atoms with E-state index in [4.69, 9.17) is 4.74 Å². The third kappa shape index (κ3) is 3.21. The van der Waals surface area contributed by atoms with Crippen LogP contribution in [0.2, 0.25) is 0 Å². The number of carbonyl (C=O) groups is 1. The summed E-state index contributed by atoms with van der Waals surface area (Å²) in [7, 11) is 1.50. The summed E-state index contributed by atoms with van der Waals surface area (Å²) in [5, 5.41) is 7.64. The fourth-order valence-electron chi connectivity index (χ4n) is 2.87. The Bertz CT molecular complexity index is 1040. The largest absolute Gasteiger partial charge is 0.494 e. The maximum atomic E-state index is 13.0. The van der Waals surface area contributed by atoms with E-state index < -0.39 is 11.7 Å². The molecular weight excluding hydrogens is 346 g/mol. The van der Waals surface area contributed by atoms with Crippen molar-refractivity contribution >= 4 is 11.7 Å². The van der Waals surface area contributed by atoms with Gasteiger partial charge in [0.25, 0.3) is 0 Å². The van der Waals surface area contributed by atoms with Gasteiger partial charge in [-0.3, -0.25) is 4.90 Å². The van der Waals surface area contributed by atoms with Crippen LogP contribution >= 0.6 is 0 Å². The monoisotopic (exact) mass is 367 g/mol. The lowest BCUT2D eigenvalue weighted by Crippen LogP contribution is -2.41. The van der Waals surface area contributed by atoms with E-state index in [2.05, 4.69) is 10.4 Å². The van der Waals surface area contributed by atoms with Gasteiger partial charge in [0.1, 0.15) is 11.4 Å². The first-order chi connectivity index (χ1) is 13.0. The lowest BCUT2D eigenvalue weighted by atomic mass is 10.1. The van der Waals surface area contributed by atoms with Crippen LogP contribution in [0, 0.1) is 13.8 Å². The number of tetrazole rings is 1. The Morgan fingerprint density at radius 1 is 1.11 bits per heavy atom. The molecule has 27 heavy (non-hydrogen) atoms. The van der Waals surface area contributed by atoms with Crippen LogP contribution in [0.25, 0.3) is 5.69 Å². The molecule has 0 aliphatic heterocycles. The summed E-state index contributed by atoms with van der Waals surface area (Å²) in [5.41, 5.74) is 2.52. The number of carbonyl (C=O) groups excluding carboxylic acids is 1. The van der Waals surface area contributed by atoms with E-state index in [0.717, 1.165) is 26.2 Å². The van der Waals surface area contributed by atoms with Crippen molar-refractivity contribution in [2.24, 2.45) is 0 Å². The Morgan fingerprint density at radius 3 is 2.56 bits per heavy atom. The Kier molecular flexibility index (Phi) is 5.07. The SMILES string of the molecule is CCN(C(=O)n1nnn(-c2ccccc2OC)c1=O)c1cccc(C)c1C. The quantitative estimate of drug-likeness (QED) is 0.662. The van der Waals surface area contributed by atoms with Gasteiger partial charge in [-0.1, -0.05) is 24.3 Å². The molecule has 0 atom stereocenters. The fraction of sp³-hybridized carbons (Fsp3) is 0.263. The minimum atomic E-state index is -0.659. The molecule has 0 aliphatic rings. The van der Waals surface area contributed by atoms with Crippen LogP contribution < -0.4 is 15.3 Å². The second-order valence-electron chi connectivity index (χ2n) is 6.00. The van der Waals surface area contributed by atoms with Crippen molar-refractivity contribution < 1.29 is 9.53 Å². The molecule has 8 heteroatoms. The number of aromatic nitrogens is 4. The van der Waals surface area contributed by atoms with Crippen LogP contribution in [0.4, 0.5) is 10.5 Å². The summed E-state index contributed by atoms with van der Waals surface area (Å²) >= 11 is 0. The zero-order chi connectivity index (χ0) is 19.6. The number of nitrogens with zero attached hydrogens (tertiary/aromatic N) is 5. The van der Waals surface area contributed by atoms with Gasteiger partial charge in [0, 0.05) is 12.2 Å². The number of hydrogen-bond donors (Lipinski definition) is 0. The number of amides is 1. The number of aryl methyl sites for hydroxylation is 1. The number of methoxy groups -OCH3 is 1. The van der Waals surface area contributed by atoms with E-state index in [0.29, 0.717) is 18.0 Å². The van der Waals surface area contributed by atoms with Crippen molar-refractivity contribution in [3.05, 3.63) is 64.1 Å². The first-order valence-corrected chi connectivity index (χ1v) is 8.56. The highest BCUT2D eigenvalue weighted by atomic mass is 16.5. The normalized spacial score (nSPS) is 10.7. The van der Waals surface area contributed by atoms with Crippen LogP contribution in [0.3, 0.4) is 0 Å². The first kappa shape index (κ1) is 18.4. The Balaban J connectivity index is 2.04. The predicted octanol–water partition coefficient (Wildman–Crippen LogP) is 2.55. The van der Waals surface area contributed by atoms with Crippen molar-refractivity contribution in [2.45, 2.75) is 20.8 Å². The predicted molar refractivity (Wildman–Crippen MR) is 102 cm³/mol. The summed E-state index contributed by atoms with van der Waals surface area (Å²) in [6, 6.07) is 12.0. The highest BCUT2D eigenvalue weighted by molar-refractivity contribution is 5.93. The lowest BCUT2D eigenvalue weighted by Gasteiger charge is -2.22. The summed E-state index contributed by atoms with van der Waals surface area (Å²) in [5.74, 6) is 0.459. The number of para-hydroxylation sites is 2. The molecule has 0 saturated carbocycles. The Labute approximate surface area is 156 Å². The lowest BCUT2D eigenvalue weighted by molar-refractivity contribution is 0.244. The maximum Gasteiger partial charge on any atom is 0.377 e. The van der Waals surface area contributed by atoms with Gasteiger partial charge in [0.15, 0.2) is 0 Å². The van der Waals surface area contributed by atoms with Crippen molar-refractivity contribution in [1.29, 1.82) is 0 Å². The van der Waals surface area contributed by atoms with Gasteiger partial charge >= 0.3 is 11.7 Å². The van der Waals surface area contributed by atoms with Crippen LogP contribution in [0.15, 0.2) is 47.3 Å². The third-order valence-corrected chi connectivity index (χ3v) is 4.49.